The number of aliphatic carboxylic acids is 1. The van der Waals surface area contributed by atoms with E-state index in [-0.39, 0.29) is 24.3 Å². The average molecular weight is 455 g/mol. The highest BCUT2D eigenvalue weighted by atomic mass is 32.2. The molecule has 168 valence electrons. The van der Waals surface area contributed by atoms with Crippen molar-refractivity contribution in [3.63, 3.8) is 0 Å². The third kappa shape index (κ3) is 6.30. The first-order chi connectivity index (χ1) is 14.5. The molecule has 2 unspecified atom stereocenters. The fourth-order valence-electron chi connectivity index (χ4n) is 3.74. The number of anilines is 1. The van der Waals surface area contributed by atoms with Gasteiger partial charge in [0.05, 0.1) is 6.42 Å². The highest BCUT2D eigenvalue weighted by molar-refractivity contribution is 7.97. The number of carbonyl (C=O) groups is 1. The Balaban J connectivity index is 1.67. The second-order valence-electron chi connectivity index (χ2n) is 7.75. The molecular weight excluding hydrogens is 429 g/mol. The molecule has 0 bridgehead atoms. The number of aryl methyl sites for hydroxylation is 1. The van der Waals surface area contributed by atoms with Gasteiger partial charge in [-0.15, -0.1) is 13.2 Å². The van der Waals surface area contributed by atoms with Gasteiger partial charge in [-0.05, 0) is 80.2 Å². The van der Waals surface area contributed by atoms with Crippen LogP contribution in [0, 0.1) is 6.92 Å². The van der Waals surface area contributed by atoms with E-state index in [1.165, 1.54) is 12.1 Å². The fraction of sp³-hybridized carbons (Fsp3) is 0.409. The SMILES string of the molecule is Cc1ccc(SN2C(C)CN(c3ccc(OC(F)(F)F)cc3)CC2C)cc1CC(=O)O. The second-order valence-corrected chi connectivity index (χ2v) is 8.83. The molecule has 0 spiro atoms. The second kappa shape index (κ2) is 9.40. The van der Waals surface area contributed by atoms with Gasteiger partial charge >= 0.3 is 12.3 Å². The molecule has 1 fully saturated rings. The van der Waals surface area contributed by atoms with Crippen LogP contribution in [0.4, 0.5) is 18.9 Å². The van der Waals surface area contributed by atoms with E-state index in [2.05, 4.69) is 27.8 Å². The minimum atomic E-state index is -4.70. The normalized spacial score (nSPS) is 20.0. The molecule has 0 saturated carbocycles. The molecule has 2 aromatic rings. The van der Waals surface area contributed by atoms with Crippen LogP contribution in [0.15, 0.2) is 47.4 Å². The number of ether oxygens (including phenoxy) is 1. The van der Waals surface area contributed by atoms with E-state index in [0.29, 0.717) is 13.1 Å². The lowest BCUT2D eigenvalue weighted by Crippen LogP contribution is -2.53. The number of piperazine rings is 1. The van der Waals surface area contributed by atoms with Crippen LogP contribution >= 0.6 is 11.9 Å². The summed E-state index contributed by atoms with van der Waals surface area (Å²) in [6.45, 7) is 7.53. The summed E-state index contributed by atoms with van der Waals surface area (Å²) in [4.78, 5) is 14.2. The van der Waals surface area contributed by atoms with Gasteiger partial charge in [0.25, 0.3) is 0 Å². The van der Waals surface area contributed by atoms with Gasteiger partial charge in [0.15, 0.2) is 0 Å². The Morgan fingerprint density at radius 3 is 2.29 bits per heavy atom. The summed E-state index contributed by atoms with van der Waals surface area (Å²) in [6.07, 6.45) is -4.71. The summed E-state index contributed by atoms with van der Waals surface area (Å²) in [6, 6.07) is 12.1. The van der Waals surface area contributed by atoms with Gasteiger partial charge < -0.3 is 14.7 Å². The van der Waals surface area contributed by atoms with E-state index < -0.39 is 12.3 Å². The Labute approximate surface area is 183 Å². The number of hydrogen-bond acceptors (Lipinski definition) is 5. The third-order valence-corrected chi connectivity index (χ3v) is 6.54. The van der Waals surface area contributed by atoms with E-state index >= 15 is 0 Å². The van der Waals surface area contributed by atoms with Crippen LogP contribution in [0.25, 0.3) is 0 Å². The van der Waals surface area contributed by atoms with Crippen LogP contribution in [0.1, 0.15) is 25.0 Å². The van der Waals surface area contributed by atoms with Crippen molar-refractivity contribution in [2.24, 2.45) is 0 Å². The maximum absolute atomic E-state index is 12.4. The van der Waals surface area contributed by atoms with Crippen LogP contribution in [-0.2, 0) is 11.2 Å². The quantitative estimate of drug-likeness (QED) is 0.611. The molecule has 2 atom stereocenters. The number of halogens is 3. The molecule has 1 N–H and O–H groups in total. The molecule has 31 heavy (non-hydrogen) atoms. The molecule has 3 rings (SSSR count). The highest BCUT2D eigenvalue weighted by Gasteiger charge is 2.32. The zero-order valence-corrected chi connectivity index (χ0v) is 18.3. The monoisotopic (exact) mass is 454 g/mol. The lowest BCUT2D eigenvalue weighted by molar-refractivity contribution is -0.274. The molecule has 1 aliphatic rings. The van der Waals surface area contributed by atoms with Crippen LogP contribution in [0.2, 0.25) is 0 Å². The van der Waals surface area contributed by atoms with Gasteiger partial charge in [0, 0.05) is 35.8 Å². The minimum Gasteiger partial charge on any atom is -0.481 e. The number of rotatable bonds is 6. The molecule has 2 aromatic carbocycles. The molecule has 0 amide bonds. The fourth-order valence-corrected chi connectivity index (χ4v) is 4.80. The van der Waals surface area contributed by atoms with Crippen molar-refractivity contribution in [3.8, 4) is 5.75 Å². The molecule has 5 nitrogen and oxygen atoms in total. The van der Waals surface area contributed by atoms with Crippen LogP contribution < -0.4 is 9.64 Å². The first kappa shape index (κ1) is 23.3. The van der Waals surface area contributed by atoms with E-state index in [1.54, 1.807) is 24.1 Å². The van der Waals surface area contributed by atoms with Crippen LogP contribution in [-0.4, -0.2) is 46.9 Å². The van der Waals surface area contributed by atoms with E-state index in [9.17, 15) is 18.0 Å². The van der Waals surface area contributed by atoms with E-state index in [1.807, 2.05) is 25.1 Å². The van der Waals surface area contributed by atoms with Crippen LogP contribution in [0.5, 0.6) is 5.75 Å². The molecular formula is C22H25F3N2O3S. The van der Waals surface area contributed by atoms with Crippen molar-refractivity contribution in [1.29, 1.82) is 0 Å². The molecule has 0 radical (unpaired) electrons. The van der Waals surface area contributed by atoms with Crippen LogP contribution in [0.3, 0.4) is 0 Å². The van der Waals surface area contributed by atoms with Gasteiger partial charge in [-0.3, -0.25) is 4.79 Å². The van der Waals surface area contributed by atoms with Gasteiger partial charge in [0.2, 0.25) is 0 Å². The van der Waals surface area contributed by atoms with Crippen molar-refractivity contribution in [1.82, 2.24) is 4.31 Å². The lowest BCUT2D eigenvalue weighted by Gasteiger charge is -2.44. The number of benzene rings is 2. The van der Waals surface area contributed by atoms with Crippen molar-refractivity contribution >= 4 is 23.6 Å². The Morgan fingerprint density at radius 2 is 1.74 bits per heavy atom. The molecule has 1 saturated heterocycles. The lowest BCUT2D eigenvalue weighted by atomic mass is 10.1. The number of carboxylic acid groups (broad SMARTS) is 1. The average Bonchev–Trinajstić information content (AvgIpc) is 2.66. The summed E-state index contributed by atoms with van der Waals surface area (Å²) in [5, 5.41) is 9.11. The first-order valence-electron chi connectivity index (χ1n) is 9.90. The van der Waals surface area contributed by atoms with E-state index in [0.717, 1.165) is 21.7 Å². The smallest absolute Gasteiger partial charge is 0.481 e. The summed E-state index contributed by atoms with van der Waals surface area (Å²) in [5.74, 6) is -1.09. The Hall–Kier alpha value is -2.39. The maximum atomic E-state index is 12.4. The Kier molecular flexibility index (Phi) is 7.06. The minimum absolute atomic E-state index is 0.00678. The zero-order valence-electron chi connectivity index (χ0n) is 17.5. The molecule has 0 aliphatic carbocycles. The van der Waals surface area contributed by atoms with Gasteiger partial charge in [-0.1, -0.05) is 6.07 Å². The van der Waals surface area contributed by atoms with Crippen molar-refractivity contribution in [2.75, 3.05) is 18.0 Å². The number of alkyl halides is 3. The highest BCUT2D eigenvalue weighted by Crippen LogP contribution is 2.34. The number of hydrogen-bond donors (Lipinski definition) is 1. The van der Waals surface area contributed by atoms with Crippen molar-refractivity contribution < 1.29 is 27.8 Å². The summed E-state index contributed by atoms with van der Waals surface area (Å²) in [5.41, 5.74) is 2.60. The largest absolute Gasteiger partial charge is 0.573 e. The Morgan fingerprint density at radius 1 is 1.13 bits per heavy atom. The third-order valence-electron chi connectivity index (χ3n) is 5.15. The first-order valence-corrected chi connectivity index (χ1v) is 10.7. The van der Waals surface area contributed by atoms with Gasteiger partial charge in [-0.25, -0.2) is 4.31 Å². The molecule has 1 aliphatic heterocycles. The van der Waals surface area contributed by atoms with Crippen molar-refractivity contribution in [3.05, 3.63) is 53.6 Å². The predicted molar refractivity (Wildman–Crippen MR) is 114 cm³/mol. The topological polar surface area (TPSA) is 53.0 Å². The van der Waals surface area contributed by atoms with Gasteiger partial charge in [0.1, 0.15) is 5.75 Å². The number of nitrogens with zero attached hydrogens (tertiary/aromatic N) is 2. The van der Waals surface area contributed by atoms with E-state index in [4.69, 9.17) is 5.11 Å². The van der Waals surface area contributed by atoms with Crippen molar-refractivity contribution in [2.45, 2.75) is 50.5 Å². The Bertz CT molecular complexity index is 909. The summed E-state index contributed by atoms with van der Waals surface area (Å²) >= 11 is 1.61. The predicted octanol–water partition coefficient (Wildman–Crippen LogP) is 5.13. The number of carboxylic acids is 1. The van der Waals surface area contributed by atoms with Gasteiger partial charge in [-0.2, -0.15) is 0 Å². The summed E-state index contributed by atoms with van der Waals surface area (Å²) in [7, 11) is 0. The maximum Gasteiger partial charge on any atom is 0.573 e. The summed E-state index contributed by atoms with van der Waals surface area (Å²) < 4.78 is 43.3. The molecule has 1 heterocycles. The standard InChI is InChI=1S/C22H25F3N2O3S/c1-14-4-9-20(10-17(14)11-21(28)29)31-27-15(2)12-26(13-16(27)3)18-5-7-19(8-6-18)30-22(23,24)25/h4-10,15-16H,11-13H2,1-3H3,(H,28,29). The zero-order chi connectivity index (χ0) is 22.8. The molecule has 9 heteroatoms. The molecule has 0 aromatic heterocycles.